The van der Waals surface area contributed by atoms with Gasteiger partial charge in [-0.25, -0.2) is 0 Å². The van der Waals surface area contributed by atoms with E-state index >= 15 is 0 Å². The van der Waals surface area contributed by atoms with Crippen LogP contribution < -0.4 is 0 Å². The fraction of sp³-hybridized carbons (Fsp3) is 0.625. The van der Waals surface area contributed by atoms with Crippen molar-refractivity contribution in [3.8, 4) is 0 Å². The molecule has 1 unspecified atom stereocenters. The predicted octanol–water partition coefficient (Wildman–Crippen LogP) is 4.07. The average Bonchev–Trinajstić information content (AvgIpc) is 2.50. The van der Waals surface area contributed by atoms with Crippen LogP contribution in [0.1, 0.15) is 12.0 Å². The molecule has 1 rings (SSSR count). The summed E-state index contributed by atoms with van der Waals surface area (Å²) in [6, 6.07) is 8.39. The topological polar surface area (TPSA) is 27.7 Å². The van der Waals surface area contributed by atoms with E-state index in [9.17, 15) is 0 Å². The van der Waals surface area contributed by atoms with Crippen molar-refractivity contribution in [3.63, 3.8) is 0 Å². The molecule has 0 aliphatic heterocycles. The second kappa shape index (κ2) is 12.6. The van der Waals surface area contributed by atoms with Gasteiger partial charge in [-0.2, -0.15) is 0 Å². The molecular formula is C16H24Br2O3. The highest BCUT2D eigenvalue weighted by atomic mass is 79.9. The molecule has 120 valence electrons. The van der Waals surface area contributed by atoms with Crippen LogP contribution in [0.15, 0.2) is 28.7 Å². The highest BCUT2D eigenvalue weighted by Gasteiger charge is 2.10. The maximum absolute atomic E-state index is 5.62. The fourth-order valence-corrected chi connectivity index (χ4v) is 2.92. The highest BCUT2D eigenvalue weighted by molar-refractivity contribution is 9.10. The highest BCUT2D eigenvalue weighted by Crippen LogP contribution is 2.22. The molecule has 0 amide bonds. The van der Waals surface area contributed by atoms with Crippen molar-refractivity contribution in [2.45, 2.75) is 12.8 Å². The number of benzene rings is 1. The Bertz CT molecular complexity index is 374. The van der Waals surface area contributed by atoms with E-state index in [2.05, 4.69) is 50.1 Å². The van der Waals surface area contributed by atoms with Gasteiger partial charge in [-0.15, -0.1) is 0 Å². The number of rotatable bonds is 12. The van der Waals surface area contributed by atoms with Gasteiger partial charge < -0.3 is 14.2 Å². The van der Waals surface area contributed by atoms with Crippen molar-refractivity contribution in [2.24, 2.45) is 5.92 Å². The van der Waals surface area contributed by atoms with Crippen LogP contribution in [-0.4, -0.2) is 45.5 Å². The summed E-state index contributed by atoms with van der Waals surface area (Å²) in [4.78, 5) is 0. The van der Waals surface area contributed by atoms with E-state index in [1.165, 1.54) is 10.0 Å². The average molecular weight is 424 g/mol. The van der Waals surface area contributed by atoms with E-state index in [4.69, 9.17) is 14.2 Å². The smallest absolute Gasteiger partial charge is 0.0701 e. The van der Waals surface area contributed by atoms with Gasteiger partial charge in [0.15, 0.2) is 0 Å². The minimum absolute atomic E-state index is 0.582. The van der Waals surface area contributed by atoms with Crippen LogP contribution in [-0.2, 0) is 20.6 Å². The van der Waals surface area contributed by atoms with Crippen LogP contribution in [0.3, 0.4) is 0 Å². The minimum atomic E-state index is 0.582. The third kappa shape index (κ3) is 8.94. The summed E-state index contributed by atoms with van der Waals surface area (Å²) in [7, 11) is 1.67. The van der Waals surface area contributed by atoms with E-state index in [1.54, 1.807) is 7.11 Å². The molecule has 1 aromatic carbocycles. The summed E-state index contributed by atoms with van der Waals surface area (Å²) in [6.07, 6.45) is 2.10. The van der Waals surface area contributed by atoms with Crippen molar-refractivity contribution in [1.82, 2.24) is 0 Å². The molecular weight excluding hydrogens is 400 g/mol. The Morgan fingerprint density at radius 1 is 1.00 bits per heavy atom. The van der Waals surface area contributed by atoms with Crippen molar-refractivity contribution in [1.29, 1.82) is 0 Å². The lowest BCUT2D eigenvalue weighted by atomic mass is 9.98. The van der Waals surface area contributed by atoms with Gasteiger partial charge in [0.05, 0.1) is 26.4 Å². The van der Waals surface area contributed by atoms with Crippen molar-refractivity contribution in [3.05, 3.63) is 34.3 Å². The second-order valence-electron chi connectivity index (χ2n) is 4.82. The SMILES string of the molecule is COCCOCCOCCC(CBr)Cc1ccccc1Br. The zero-order valence-electron chi connectivity index (χ0n) is 12.5. The summed E-state index contributed by atoms with van der Waals surface area (Å²) in [6.45, 7) is 3.32. The summed E-state index contributed by atoms with van der Waals surface area (Å²) >= 11 is 7.20. The standard InChI is InChI=1S/C16H24Br2O3/c1-19-8-9-21-11-10-20-7-6-14(13-17)12-15-4-2-3-5-16(15)18/h2-5,14H,6-13H2,1H3. The molecule has 0 aromatic heterocycles. The van der Waals surface area contributed by atoms with E-state index in [0.717, 1.165) is 24.8 Å². The molecule has 0 aliphatic rings. The lowest BCUT2D eigenvalue weighted by Crippen LogP contribution is -2.13. The number of alkyl halides is 1. The van der Waals surface area contributed by atoms with Crippen LogP contribution in [0.2, 0.25) is 0 Å². The molecule has 0 aliphatic carbocycles. The largest absolute Gasteiger partial charge is 0.382 e. The molecule has 0 bridgehead atoms. The molecule has 3 nitrogen and oxygen atoms in total. The Labute approximate surface area is 144 Å². The van der Waals surface area contributed by atoms with Gasteiger partial charge in [-0.3, -0.25) is 0 Å². The first kappa shape index (κ1) is 19.1. The first-order chi connectivity index (χ1) is 10.3. The normalized spacial score (nSPS) is 12.5. The summed E-state index contributed by atoms with van der Waals surface area (Å²) < 4.78 is 17.1. The van der Waals surface area contributed by atoms with Crippen molar-refractivity contribution in [2.75, 3.05) is 45.5 Å². The van der Waals surface area contributed by atoms with E-state index < -0.39 is 0 Å². The Morgan fingerprint density at radius 2 is 1.67 bits per heavy atom. The number of hydrogen-bond donors (Lipinski definition) is 0. The lowest BCUT2D eigenvalue weighted by Gasteiger charge is -2.15. The zero-order chi connectivity index (χ0) is 15.3. The van der Waals surface area contributed by atoms with Gasteiger partial charge in [0.25, 0.3) is 0 Å². The van der Waals surface area contributed by atoms with Gasteiger partial charge in [0.2, 0.25) is 0 Å². The molecule has 0 fully saturated rings. The summed E-state index contributed by atoms with van der Waals surface area (Å²) in [5.74, 6) is 0.582. The number of ether oxygens (including phenoxy) is 3. The molecule has 0 spiro atoms. The minimum Gasteiger partial charge on any atom is -0.382 e. The molecule has 1 aromatic rings. The van der Waals surface area contributed by atoms with E-state index in [1.807, 2.05) is 6.07 Å². The molecule has 5 heteroatoms. The van der Waals surface area contributed by atoms with Gasteiger partial charge in [-0.05, 0) is 30.4 Å². The Hall–Kier alpha value is 0.0600. The first-order valence-corrected chi connectivity index (χ1v) is 9.13. The summed E-state index contributed by atoms with van der Waals surface area (Å²) in [5.41, 5.74) is 1.35. The van der Waals surface area contributed by atoms with Gasteiger partial charge in [-0.1, -0.05) is 50.1 Å². The number of halogens is 2. The summed E-state index contributed by atoms with van der Waals surface area (Å²) in [5, 5.41) is 0.988. The molecule has 21 heavy (non-hydrogen) atoms. The van der Waals surface area contributed by atoms with Crippen molar-refractivity contribution >= 4 is 31.9 Å². The van der Waals surface area contributed by atoms with Crippen LogP contribution in [0.5, 0.6) is 0 Å². The third-order valence-corrected chi connectivity index (χ3v) is 4.85. The van der Waals surface area contributed by atoms with Crippen LogP contribution >= 0.6 is 31.9 Å². The molecule has 0 radical (unpaired) electrons. The second-order valence-corrected chi connectivity index (χ2v) is 6.32. The maximum atomic E-state index is 5.62. The maximum Gasteiger partial charge on any atom is 0.0701 e. The van der Waals surface area contributed by atoms with E-state index in [-0.39, 0.29) is 0 Å². The van der Waals surface area contributed by atoms with Crippen LogP contribution in [0.25, 0.3) is 0 Å². The Kier molecular flexibility index (Phi) is 11.5. The quantitative estimate of drug-likeness (QED) is 0.374. The Balaban J connectivity index is 2.13. The van der Waals surface area contributed by atoms with Crippen LogP contribution in [0.4, 0.5) is 0 Å². The van der Waals surface area contributed by atoms with Gasteiger partial charge >= 0.3 is 0 Å². The number of methoxy groups -OCH3 is 1. The molecule has 0 N–H and O–H groups in total. The lowest BCUT2D eigenvalue weighted by molar-refractivity contribution is 0.0223. The molecule has 0 heterocycles. The van der Waals surface area contributed by atoms with Crippen molar-refractivity contribution < 1.29 is 14.2 Å². The fourth-order valence-electron chi connectivity index (χ4n) is 1.92. The molecule has 0 saturated heterocycles. The third-order valence-electron chi connectivity index (χ3n) is 3.16. The van der Waals surface area contributed by atoms with E-state index in [0.29, 0.717) is 32.3 Å². The van der Waals surface area contributed by atoms with Gasteiger partial charge in [0, 0.05) is 23.5 Å². The zero-order valence-corrected chi connectivity index (χ0v) is 15.7. The van der Waals surface area contributed by atoms with Crippen LogP contribution in [0, 0.1) is 5.92 Å². The molecule has 0 saturated carbocycles. The monoisotopic (exact) mass is 422 g/mol. The van der Waals surface area contributed by atoms with Gasteiger partial charge in [0.1, 0.15) is 0 Å². The predicted molar refractivity (Wildman–Crippen MR) is 93.3 cm³/mol. The number of hydrogen-bond acceptors (Lipinski definition) is 3. The molecule has 1 atom stereocenters. The first-order valence-electron chi connectivity index (χ1n) is 7.21. The Morgan fingerprint density at radius 3 is 2.33 bits per heavy atom.